The quantitative estimate of drug-likeness (QED) is 0.549. The Labute approximate surface area is 159 Å². The van der Waals surface area contributed by atoms with Crippen LogP contribution in [0.2, 0.25) is 5.02 Å². The van der Waals surface area contributed by atoms with Crippen molar-refractivity contribution < 1.29 is 9.59 Å². The van der Waals surface area contributed by atoms with E-state index >= 15 is 0 Å². The summed E-state index contributed by atoms with van der Waals surface area (Å²) in [5.74, 6) is -0.834. The lowest BCUT2D eigenvalue weighted by Crippen LogP contribution is -2.18. The lowest BCUT2D eigenvalue weighted by atomic mass is 9.85. The molecule has 1 aromatic carbocycles. The number of halogens is 1. The number of aryl methyl sites for hydroxylation is 2. The van der Waals surface area contributed by atoms with Gasteiger partial charge in [0.05, 0.1) is 10.7 Å². The maximum absolute atomic E-state index is 12.9. The van der Waals surface area contributed by atoms with E-state index in [1.165, 1.54) is 0 Å². The molecule has 0 N–H and O–H groups in total. The predicted octanol–water partition coefficient (Wildman–Crippen LogP) is 5.23. The van der Waals surface area contributed by atoms with E-state index in [4.69, 9.17) is 11.6 Å². The Morgan fingerprint density at radius 3 is 2.42 bits per heavy atom. The lowest BCUT2D eigenvalue weighted by molar-refractivity contribution is -0.124. The minimum absolute atomic E-state index is 0.0183. The molecule has 4 heteroatoms. The summed E-state index contributed by atoms with van der Waals surface area (Å²) in [7, 11) is 0. The van der Waals surface area contributed by atoms with E-state index in [9.17, 15) is 9.59 Å². The van der Waals surface area contributed by atoms with Crippen LogP contribution < -0.4 is 0 Å². The summed E-state index contributed by atoms with van der Waals surface area (Å²) < 4.78 is 0. The third-order valence-corrected chi connectivity index (χ3v) is 5.18. The Hall–Kier alpha value is -2.26. The first-order chi connectivity index (χ1) is 12.3. The number of Topliss-reactive ketones (excluding diaryl/α,β-unsaturated/α-hetero) is 2. The fourth-order valence-electron chi connectivity index (χ4n) is 3.88. The Balaban J connectivity index is 1.99. The van der Waals surface area contributed by atoms with Crippen molar-refractivity contribution in [2.45, 2.75) is 39.5 Å². The number of carbonyl (C=O) groups is 2. The van der Waals surface area contributed by atoms with Gasteiger partial charge in [0.2, 0.25) is 0 Å². The predicted molar refractivity (Wildman–Crippen MR) is 104 cm³/mol. The van der Waals surface area contributed by atoms with Crippen LogP contribution in [0.5, 0.6) is 0 Å². The van der Waals surface area contributed by atoms with Crippen molar-refractivity contribution in [2.75, 3.05) is 0 Å². The first-order valence-corrected chi connectivity index (χ1v) is 9.09. The van der Waals surface area contributed by atoms with E-state index in [1.54, 1.807) is 12.3 Å². The summed E-state index contributed by atoms with van der Waals surface area (Å²) in [5.41, 5.74) is 5.45. The van der Waals surface area contributed by atoms with Crippen molar-refractivity contribution in [3.8, 4) is 11.3 Å². The maximum Gasteiger partial charge on any atom is 0.151 e. The molecule has 1 fully saturated rings. The summed E-state index contributed by atoms with van der Waals surface area (Å²) in [5, 5.41) is 0.588. The molecular weight excluding hydrogens is 346 g/mol. The number of aromatic nitrogens is 1. The molecule has 26 heavy (non-hydrogen) atoms. The van der Waals surface area contributed by atoms with Crippen LogP contribution in [0.3, 0.4) is 0 Å². The number of hydrogen-bond donors (Lipinski definition) is 0. The molecule has 0 spiro atoms. The van der Waals surface area contributed by atoms with Gasteiger partial charge < -0.3 is 0 Å². The van der Waals surface area contributed by atoms with E-state index in [0.29, 0.717) is 17.9 Å². The maximum atomic E-state index is 12.9. The third kappa shape index (κ3) is 3.49. The number of allylic oxidation sites excluding steroid dienone is 1. The van der Waals surface area contributed by atoms with Gasteiger partial charge in [-0.25, -0.2) is 0 Å². The van der Waals surface area contributed by atoms with Crippen molar-refractivity contribution >= 4 is 23.2 Å². The van der Waals surface area contributed by atoms with Crippen LogP contribution in [-0.2, 0) is 9.59 Å². The number of nitrogens with zero attached hydrogens (tertiary/aromatic N) is 1. The zero-order chi connectivity index (χ0) is 19.0. The van der Waals surface area contributed by atoms with Gasteiger partial charge in [-0.15, -0.1) is 6.58 Å². The Bertz CT molecular complexity index is 876. The molecule has 0 bridgehead atoms. The second-order valence-electron chi connectivity index (χ2n) is 7.25. The number of hydrogen-bond acceptors (Lipinski definition) is 3. The van der Waals surface area contributed by atoms with Crippen molar-refractivity contribution in [2.24, 2.45) is 5.92 Å². The van der Waals surface area contributed by atoms with Gasteiger partial charge >= 0.3 is 0 Å². The van der Waals surface area contributed by atoms with Crippen molar-refractivity contribution in [1.29, 1.82) is 0 Å². The van der Waals surface area contributed by atoms with Gasteiger partial charge in [0.25, 0.3) is 0 Å². The third-order valence-electron chi connectivity index (χ3n) is 4.96. The summed E-state index contributed by atoms with van der Waals surface area (Å²) in [6, 6.07) is 7.65. The topological polar surface area (TPSA) is 47.0 Å². The molecule has 1 heterocycles. The van der Waals surface area contributed by atoms with Crippen LogP contribution in [-0.4, -0.2) is 16.6 Å². The average molecular weight is 368 g/mol. The summed E-state index contributed by atoms with van der Waals surface area (Å²) >= 11 is 5.91. The monoisotopic (exact) mass is 367 g/mol. The highest BCUT2D eigenvalue weighted by atomic mass is 35.5. The molecule has 1 aliphatic carbocycles. The number of pyridine rings is 1. The largest absolute Gasteiger partial charge is 0.298 e. The normalized spacial score (nSPS) is 19.8. The van der Waals surface area contributed by atoms with Gasteiger partial charge in [-0.2, -0.15) is 0 Å². The molecule has 3 rings (SSSR count). The smallest absolute Gasteiger partial charge is 0.151 e. The SMILES string of the molecule is C=C(C)CC1CC(=O)C(c2c(C)cc(-c3ccc(Cl)cn3)cc2C)C1=O. The zero-order valence-corrected chi connectivity index (χ0v) is 16.1. The summed E-state index contributed by atoms with van der Waals surface area (Å²) in [6.45, 7) is 9.69. The molecular formula is C22H22ClNO2. The van der Waals surface area contributed by atoms with Crippen LogP contribution in [0.15, 0.2) is 42.6 Å². The van der Waals surface area contributed by atoms with Crippen molar-refractivity contribution in [3.63, 3.8) is 0 Å². The minimum atomic E-state index is -0.647. The van der Waals surface area contributed by atoms with E-state index in [1.807, 2.05) is 39.0 Å². The second-order valence-corrected chi connectivity index (χ2v) is 7.69. The summed E-state index contributed by atoms with van der Waals surface area (Å²) in [6.07, 6.45) is 2.52. The van der Waals surface area contributed by atoms with E-state index < -0.39 is 5.92 Å². The molecule has 3 nitrogen and oxygen atoms in total. The fourth-order valence-corrected chi connectivity index (χ4v) is 3.99. The zero-order valence-electron chi connectivity index (χ0n) is 15.3. The highest BCUT2D eigenvalue weighted by Gasteiger charge is 2.42. The second kappa shape index (κ2) is 7.16. The number of benzene rings is 1. The van der Waals surface area contributed by atoms with Crippen LogP contribution in [0.4, 0.5) is 0 Å². The molecule has 1 aliphatic rings. The first-order valence-electron chi connectivity index (χ1n) is 8.71. The highest BCUT2D eigenvalue weighted by molar-refractivity contribution is 6.30. The molecule has 0 radical (unpaired) electrons. The Kier molecular flexibility index (Phi) is 5.10. The van der Waals surface area contributed by atoms with Gasteiger partial charge in [-0.1, -0.05) is 17.2 Å². The molecule has 0 aliphatic heterocycles. The van der Waals surface area contributed by atoms with Gasteiger partial charge in [0.15, 0.2) is 5.78 Å². The summed E-state index contributed by atoms with van der Waals surface area (Å²) in [4.78, 5) is 29.8. The molecule has 2 atom stereocenters. The van der Waals surface area contributed by atoms with Gasteiger partial charge in [-0.3, -0.25) is 14.6 Å². The van der Waals surface area contributed by atoms with Crippen molar-refractivity contribution in [1.82, 2.24) is 4.98 Å². The van der Waals surface area contributed by atoms with Crippen LogP contribution in [0.25, 0.3) is 11.3 Å². The van der Waals surface area contributed by atoms with Gasteiger partial charge in [0, 0.05) is 24.1 Å². The van der Waals surface area contributed by atoms with E-state index in [2.05, 4.69) is 11.6 Å². The number of carbonyl (C=O) groups excluding carboxylic acids is 2. The lowest BCUT2D eigenvalue weighted by Gasteiger charge is -2.17. The van der Waals surface area contributed by atoms with Crippen molar-refractivity contribution in [3.05, 3.63) is 64.3 Å². The first kappa shape index (κ1) is 18.5. The number of ketones is 2. The van der Waals surface area contributed by atoms with Crippen LogP contribution in [0.1, 0.15) is 42.4 Å². The molecule has 2 aromatic rings. The standard InChI is InChI=1S/C22H22ClNO2/c1-12(2)7-16-10-19(25)21(22(16)26)20-13(3)8-15(9-14(20)4)18-6-5-17(23)11-24-18/h5-6,8-9,11,16,21H,1,7,10H2,2-4H3. The Morgan fingerprint density at radius 2 is 1.88 bits per heavy atom. The van der Waals surface area contributed by atoms with Gasteiger partial charge in [-0.05, 0) is 68.1 Å². The molecule has 2 unspecified atom stereocenters. The number of rotatable bonds is 4. The molecule has 134 valence electrons. The molecule has 1 saturated carbocycles. The van der Waals surface area contributed by atoms with Crippen LogP contribution >= 0.6 is 11.6 Å². The van der Waals surface area contributed by atoms with Crippen LogP contribution in [0, 0.1) is 19.8 Å². The van der Waals surface area contributed by atoms with Gasteiger partial charge in [0.1, 0.15) is 11.7 Å². The highest BCUT2D eigenvalue weighted by Crippen LogP contribution is 2.39. The van der Waals surface area contributed by atoms with E-state index in [0.717, 1.165) is 33.5 Å². The minimum Gasteiger partial charge on any atom is -0.298 e. The molecule has 0 saturated heterocycles. The van der Waals surface area contributed by atoms with E-state index in [-0.39, 0.29) is 17.5 Å². The Morgan fingerprint density at radius 1 is 1.23 bits per heavy atom. The molecule has 1 aromatic heterocycles. The average Bonchev–Trinajstić information content (AvgIpc) is 2.82. The molecule has 0 amide bonds. The fraction of sp³-hybridized carbons (Fsp3) is 0.318.